The van der Waals surface area contributed by atoms with Crippen molar-refractivity contribution in [3.63, 3.8) is 0 Å². The molecule has 1 fully saturated rings. The Bertz CT molecular complexity index is 225. The van der Waals surface area contributed by atoms with Gasteiger partial charge in [-0.05, 0) is 0 Å². The third-order valence-corrected chi connectivity index (χ3v) is 4.27. The molecule has 1 aromatic rings. The van der Waals surface area contributed by atoms with Crippen molar-refractivity contribution in [2.45, 2.75) is 0 Å². The Morgan fingerprint density at radius 1 is 1.25 bits per heavy atom. The van der Waals surface area contributed by atoms with Gasteiger partial charge in [0.15, 0.2) is 0 Å². The van der Waals surface area contributed by atoms with Gasteiger partial charge in [0, 0.05) is 0 Å². The number of hydrogen-bond acceptors (Lipinski definition) is 2. The van der Waals surface area contributed by atoms with E-state index in [4.69, 9.17) is 0 Å². The first-order chi connectivity index (χ1) is 5.86. The number of rotatable bonds is 1. The molecule has 1 aliphatic heterocycles. The molecule has 1 aliphatic rings. The van der Waals surface area contributed by atoms with Crippen molar-refractivity contribution in [1.82, 2.24) is 4.90 Å². The van der Waals surface area contributed by atoms with Gasteiger partial charge in [0.25, 0.3) is 0 Å². The number of anilines is 1. The predicted molar refractivity (Wildman–Crippen MR) is 53.1 cm³/mol. The topological polar surface area (TPSA) is 6.48 Å². The van der Waals surface area contributed by atoms with Crippen molar-refractivity contribution >= 4 is 19.1 Å². The fraction of sp³-hybridized carbons (Fsp3) is 0.556. The van der Waals surface area contributed by atoms with Crippen molar-refractivity contribution < 1.29 is 0 Å². The van der Waals surface area contributed by atoms with E-state index < -0.39 is 0 Å². The standard InChI is InChI=1S/C9H14N2Se/c1-10-4-6-11(7-5-10)9-3-2-8-12-9/h2-3,8H,4-7H2,1H3. The van der Waals surface area contributed by atoms with Crippen LogP contribution in [0, 0.1) is 0 Å². The number of piperazine rings is 1. The van der Waals surface area contributed by atoms with Crippen molar-refractivity contribution in [3.05, 3.63) is 17.1 Å². The normalized spacial score (nSPS) is 19.9. The predicted octanol–water partition coefficient (Wildman–Crippen LogP) is 0.495. The van der Waals surface area contributed by atoms with Gasteiger partial charge in [-0.2, -0.15) is 0 Å². The van der Waals surface area contributed by atoms with E-state index in [2.05, 4.69) is 33.9 Å². The summed E-state index contributed by atoms with van der Waals surface area (Å²) in [6, 6.07) is 4.46. The van der Waals surface area contributed by atoms with Gasteiger partial charge in [-0.25, -0.2) is 0 Å². The van der Waals surface area contributed by atoms with E-state index in [-0.39, 0.29) is 0 Å². The molecule has 0 saturated carbocycles. The summed E-state index contributed by atoms with van der Waals surface area (Å²) in [6.07, 6.45) is 0. The molecule has 0 aliphatic carbocycles. The summed E-state index contributed by atoms with van der Waals surface area (Å²) in [5.74, 6) is 0. The van der Waals surface area contributed by atoms with Gasteiger partial charge < -0.3 is 0 Å². The number of likely N-dealkylation sites (N-methyl/N-ethyl adjacent to an activating group) is 1. The zero-order valence-electron chi connectivity index (χ0n) is 7.36. The maximum absolute atomic E-state index is 2.53. The summed E-state index contributed by atoms with van der Waals surface area (Å²) in [6.45, 7) is 4.86. The molecule has 1 aromatic heterocycles. The van der Waals surface area contributed by atoms with Gasteiger partial charge in [0.2, 0.25) is 0 Å². The van der Waals surface area contributed by atoms with Crippen LogP contribution < -0.4 is 4.90 Å². The second-order valence-corrected chi connectivity index (χ2v) is 5.18. The summed E-state index contributed by atoms with van der Waals surface area (Å²) in [5.41, 5.74) is 0. The van der Waals surface area contributed by atoms with Crippen molar-refractivity contribution in [2.24, 2.45) is 0 Å². The van der Waals surface area contributed by atoms with E-state index in [0.717, 1.165) is 0 Å². The van der Waals surface area contributed by atoms with Gasteiger partial charge in [-0.1, -0.05) is 0 Å². The van der Waals surface area contributed by atoms with E-state index in [9.17, 15) is 0 Å². The van der Waals surface area contributed by atoms with Crippen LogP contribution in [0.1, 0.15) is 0 Å². The van der Waals surface area contributed by atoms with Gasteiger partial charge in [0.05, 0.1) is 0 Å². The number of nitrogens with zero attached hydrogens (tertiary/aromatic N) is 2. The summed E-state index contributed by atoms with van der Waals surface area (Å²) in [5, 5.41) is 0. The second kappa shape index (κ2) is 3.65. The van der Waals surface area contributed by atoms with Crippen LogP contribution >= 0.6 is 0 Å². The van der Waals surface area contributed by atoms with Gasteiger partial charge >= 0.3 is 79.2 Å². The fourth-order valence-electron chi connectivity index (χ4n) is 1.48. The Hall–Kier alpha value is -0.241. The molecule has 0 N–H and O–H groups in total. The summed E-state index contributed by atoms with van der Waals surface area (Å²) in [4.78, 5) is 7.22. The Morgan fingerprint density at radius 2 is 2.00 bits per heavy atom. The molecule has 0 atom stereocenters. The van der Waals surface area contributed by atoms with Crippen LogP contribution in [0.15, 0.2) is 17.1 Å². The molecular formula is C9H14N2Se. The minimum atomic E-state index is 0.621. The molecule has 0 amide bonds. The van der Waals surface area contributed by atoms with Gasteiger partial charge in [0.1, 0.15) is 0 Å². The fourth-order valence-corrected chi connectivity index (χ4v) is 3.12. The number of hydrogen-bond donors (Lipinski definition) is 0. The van der Waals surface area contributed by atoms with E-state index in [1.807, 2.05) is 0 Å². The molecule has 0 unspecified atom stereocenters. The third kappa shape index (κ3) is 1.74. The van der Waals surface area contributed by atoms with Crippen LogP contribution in [0.25, 0.3) is 0 Å². The first-order valence-corrected chi connectivity index (χ1v) is 6.18. The molecular weight excluding hydrogens is 215 g/mol. The molecule has 0 spiro atoms. The average Bonchev–Trinajstić information content (AvgIpc) is 2.58. The van der Waals surface area contributed by atoms with Crippen LogP contribution in [0.2, 0.25) is 0 Å². The second-order valence-electron chi connectivity index (χ2n) is 3.24. The summed E-state index contributed by atoms with van der Waals surface area (Å²) >= 11 is 0.621. The monoisotopic (exact) mass is 230 g/mol. The van der Waals surface area contributed by atoms with Crippen molar-refractivity contribution in [1.29, 1.82) is 0 Å². The van der Waals surface area contributed by atoms with E-state index in [0.29, 0.717) is 14.5 Å². The van der Waals surface area contributed by atoms with Gasteiger partial charge in [-0.15, -0.1) is 0 Å². The zero-order chi connectivity index (χ0) is 8.39. The zero-order valence-corrected chi connectivity index (χ0v) is 9.08. The van der Waals surface area contributed by atoms with Crippen LogP contribution in [0.5, 0.6) is 0 Å². The Morgan fingerprint density at radius 3 is 2.58 bits per heavy atom. The Kier molecular flexibility index (Phi) is 2.54. The quantitative estimate of drug-likeness (QED) is 0.647. The molecule has 0 bridgehead atoms. The molecule has 3 heteroatoms. The third-order valence-electron chi connectivity index (χ3n) is 2.32. The van der Waals surface area contributed by atoms with E-state index in [1.165, 1.54) is 26.2 Å². The first-order valence-electron chi connectivity index (χ1n) is 4.33. The first kappa shape index (κ1) is 8.36. The average molecular weight is 229 g/mol. The van der Waals surface area contributed by atoms with Crippen molar-refractivity contribution in [3.8, 4) is 0 Å². The van der Waals surface area contributed by atoms with E-state index >= 15 is 0 Å². The summed E-state index contributed by atoms with van der Waals surface area (Å²) in [7, 11) is 2.20. The van der Waals surface area contributed by atoms with E-state index in [1.54, 1.807) is 4.56 Å². The molecule has 2 rings (SSSR count). The molecule has 1 saturated heterocycles. The molecule has 12 heavy (non-hydrogen) atoms. The van der Waals surface area contributed by atoms with Crippen LogP contribution in [-0.4, -0.2) is 52.6 Å². The van der Waals surface area contributed by atoms with Crippen LogP contribution in [-0.2, 0) is 0 Å². The maximum atomic E-state index is 2.53. The molecule has 0 radical (unpaired) electrons. The minimum absolute atomic E-state index is 0.621. The Labute approximate surface area is 79.5 Å². The molecule has 2 nitrogen and oxygen atoms in total. The van der Waals surface area contributed by atoms with Crippen LogP contribution in [0.4, 0.5) is 4.56 Å². The summed E-state index contributed by atoms with van der Waals surface area (Å²) < 4.78 is 1.57. The van der Waals surface area contributed by atoms with Gasteiger partial charge in [-0.3, -0.25) is 0 Å². The molecule has 2 heterocycles. The molecule has 66 valence electrons. The Balaban J connectivity index is 1.99. The molecule has 0 aromatic carbocycles. The SMILES string of the molecule is CN1CCN(c2ccc[se]2)CC1. The van der Waals surface area contributed by atoms with Crippen molar-refractivity contribution in [2.75, 3.05) is 38.1 Å². The van der Waals surface area contributed by atoms with Crippen LogP contribution in [0.3, 0.4) is 0 Å².